The molecule has 5 atom stereocenters. The van der Waals surface area contributed by atoms with Crippen LogP contribution in [-0.2, 0) is 52.1 Å². The first kappa shape index (κ1) is 60.8. The van der Waals surface area contributed by atoms with E-state index in [-0.39, 0.29) is 49.7 Å². The van der Waals surface area contributed by atoms with Crippen LogP contribution in [0.1, 0.15) is 94.5 Å². The molecule has 1 aliphatic rings. The van der Waals surface area contributed by atoms with Crippen LogP contribution in [0.2, 0.25) is 0 Å². The molecule has 1 unspecified atom stereocenters. The lowest BCUT2D eigenvalue weighted by molar-refractivity contribution is -0.118. The molecule has 1 aliphatic heterocycles. The van der Waals surface area contributed by atoms with Crippen LogP contribution in [-0.4, -0.2) is 101 Å². The third-order valence-electron chi connectivity index (χ3n) is 14.6. The molecule has 0 saturated carbocycles. The number of amides is 2. The van der Waals surface area contributed by atoms with Crippen LogP contribution in [0.25, 0.3) is 11.2 Å². The predicted molar refractivity (Wildman–Crippen MR) is 325 cm³/mol. The summed E-state index contributed by atoms with van der Waals surface area (Å²) >= 11 is 0. The third kappa shape index (κ3) is 15.1. The van der Waals surface area contributed by atoms with E-state index in [2.05, 4.69) is 80.9 Å². The van der Waals surface area contributed by atoms with Crippen LogP contribution < -0.4 is 24.8 Å². The summed E-state index contributed by atoms with van der Waals surface area (Å²) in [6.45, 7) is 14.8. The van der Waals surface area contributed by atoms with Crippen molar-refractivity contribution < 1.29 is 47.1 Å². The second-order valence-corrected chi connectivity index (χ2v) is 23.6. The van der Waals surface area contributed by atoms with Crippen molar-refractivity contribution >= 4 is 37.5 Å². The number of benzene rings is 6. The molecule has 440 valence electrons. The molecule has 2 N–H and O–H groups in total. The SMILES string of the molecule is COc1ccc(C(OC[C@H]2O[C@@H](n3cnc4c(NC(=O)COc5ccc(C(C)(C)C)cc5)ncnc43)C[C@@H]2OP(OC[C@H](Cc2ccccc2)NC(=O)OCc2ccccc2)N(C(C)C)C(C)C)(c2ccccc2)c2ccc(OC)cc2)cc1. The summed E-state index contributed by atoms with van der Waals surface area (Å²) in [5, 5.41) is 5.99. The van der Waals surface area contributed by atoms with Gasteiger partial charge in [0.15, 0.2) is 23.6 Å². The van der Waals surface area contributed by atoms with E-state index in [1.54, 1.807) is 20.5 Å². The number of rotatable bonds is 26. The smallest absolute Gasteiger partial charge is 0.407 e. The number of carbonyl (C=O) groups excluding carboxylic acids is 2. The van der Waals surface area contributed by atoms with Crippen molar-refractivity contribution in [2.75, 3.05) is 39.4 Å². The molecule has 0 bridgehead atoms. The van der Waals surface area contributed by atoms with Crippen molar-refractivity contribution in [1.29, 1.82) is 0 Å². The second-order valence-electron chi connectivity index (χ2n) is 22.2. The number of ether oxygens (including phenoxy) is 6. The molecule has 6 aromatic carbocycles. The van der Waals surface area contributed by atoms with Crippen LogP contribution in [0.4, 0.5) is 10.6 Å². The van der Waals surface area contributed by atoms with E-state index in [0.29, 0.717) is 41.3 Å². The number of nitrogens with zero attached hydrogens (tertiary/aromatic N) is 5. The predicted octanol–water partition coefficient (Wildman–Crippen LogP) is 12.7. The Hall–Kier alpha value is -7.76. The number of anilines is 1. The number of imidazole rings is 1. The number of aromatic nitrogens is 4. The molecule has 2 aromatic heterocycles. The van der Waals surface area contributed by atoms with Crippen molar-refractivity contribution in [3.05, 3.63) is 210 Å². The minimum atomic E-state index is -1.88. The number of methoxy groups -OCH3 is 2. The standard InChI is InChI=1S/C66H76N7O10P/c1-45(2)73(46(3)4)84(81-40-53(37-47-19-13-10-14-20-47)70-64(75)79-39-48-21-15-11-16-22-48)83-57-38-60(72-44-69-61-62(67-43-68-63(61)72)71-59(74)42-78-56-35-25-49(26-36-56)65(5,6)7)82-58(57)41-80-66(50-23-17-12-18-24-50,51-27-31-54(76-8)32-28-51)52-29-33-55(77-9)34-30-52/h10-36,43-46,53,57-58,60H,37-42H2,1-9H3,(H,70,75)(H,67,68,71,74)/t53-,57-,58+,60+,84?/m0/s1. The van der Waals surface area contributed by atoms with Gasteiger partial charge < -0.3 is 48.1 Å². The van der Waals surface area contributed by atoms with Crippen LogP contribution in [0.15, 0.2) is 176 Å². The van der Waals surface area contributed by atoms with Gasteiger partial charge in [0, 0.05) is 18.5 Å². The molecule has 1 saturated heterocycles. The number of fused-ring (bicyclic) bond motifs is 1. The van der Waals surface area contributed by atoms with Crippen molar-refractivity contribution in [3.8, 4) is 17.2 Å². The minimum Gasteiger partial charge on any atom is -0.497 e. The van der Waals surface area contributed by atoms with E-state index in [9.17, 15) is 9.59 Å². The van der Waals surface area contributed by atoms with Gasteiger partial charge in [0.05, 0.1) is 45.9 Å². The second kappa shape index (κ2) is 28.2. The summed E-state index contributed by atoms with van der Waals surface area (Å²) in [5.41, 5.74) is 5.17. The Morgan fingerprint density at radius 3 is 1.85 bits per heavy atom. The maximum absolute atomic E-state index is 13.6. The summed E-state index contributed by atoms with van der Waals surface area (Å²) in [5.74, 6) is 1.76. The van der Waals surface area contributed by atoms with Gasteiger partial charge in [-0.15, -0.1) is 0 Å². The van der Waals surface area contributed by atoms with E-state index >= 15 is 0 Å². The fourth-order valence-corrected chi connectivity index (χ4v) is 12.1. The number of alkyl carbamates (subject to hydrolysis) is 1. The monoisotopic (exact) mass is 1160 g/mol. The fourth-order valence-electron chi connectivity index (χ4n) is 10.3. The summed E-state index contributed by atoms with van der Waals surface area (Å²) < 4.78 is 56.1. The Labute approximate surface area is 493 Å². The lowest BCUT2D eigenvalue weighted by Crippen LogP contribution is -2.42. The van der Waals surface area contributed by atoms with Crippen molar-refractivity contribution in [2.24, 2.45) is 0 Å². The first-order valence-corrected chi connectivity index (χ1v) is 29.5. The number of nitrogens with one attached hydrogen (secondary N) is 2. The van der Waals surface area contributed by atoms with Gasteiger partial charge in [-0.05, 0) is 109 Å². The quantitative estimate of drug-likeness (QED) is 0.0386. The zero-order chi connectivity index (χ0) is 59.2. The van der Waals surface area contributed by atoms with Crippen LogP contribution in [0, 0.1) is 0 Å². The molecule has 8 aromatic rings. The van der Waals surface area contributed by atoms with Gasteiger partial charge in [-0.2, -0.15) is 0 Å². The first-order valence-electron chi connectivity index (χ1n) is 28.4. The molecule has 9 rings (SSSR count). The number of hydrogen-bond donors (Lipinski definition) is 2. The van der Waals surface area contributed by atoms with Crippen molar-refractivity contribution in [2.45, 2.75) is 115 Å². The first-order chi connectivity index (χ1) is 40.6. The Morgan fingerprint density at radius 1 is 0.702 bits per heavy atom. The van der Waals surface area contributed by atoms with Crippen molar-refractivity contribution in [3.63, 3.8) is 0 Å². The fraction of sp³-hybridized carbons (Fsp3) is 0.348. The highest BCUT2D eigenvalue weighted by molar-refractivity contribution is 7.44. The summed E-state index contributed by atoms with van der Waals surface area (Å²) in [7, 11) is 1.40. The molecular weight excluding hydrogens is 1080 g/mol. The average molecular weight is 1160 g/mol. The Morgan fingerprint density at radius 2 is 1.26 bits per heavy atom. The van der Waals surface area contributed by atoms with Gasteiger partial charge in [0.1, 0.15) is 48.1 Å². The number of hydrogen-bond acceptors (Lipinski definition) is 14. The van der Waals surface area contributed by atoms with Gasteiger partial charge >= 0.3 is 6.09 Å². The third-order valence-corrected chi connectivity index (χ3v) is 16.7. The highest BCUT2D eigenvalue weighted by atomic mass is 31.2. The maximum Gasteiger partial charge on any atom is 0.407 e. The van der Waals surface area contributed by atoms with E-state index in [0.717, 1.165) is 33.4 Å². The summed E-state index contributed by atoms with van der Waals surface area (Å²) in [6, 6.07) is 52.5. The number of carbonyl (C=O) groups is 2. The highest BCUT2D eigenvalue weighted by Crippen LogP contribution is 2.51. The normalized spacial score (nSPS) is 16.2. The average Bonchev–Trinajstić information content (AvgIpc) is 1.81. The van der Waals surface area contributed by atoms with Gasteiger partial charge in [0.25, 0.3) is 14.4 Å². The highest BCUT2D eigenvalue weighted by Gasteiger charge is 2.45. The van der Waals surface area contributed by atoms with Crippen LogP contribution in [0.3, 0.4) is 0 Å². The van der Waals surface area contributed by atoms with Gasteiger partial charge in [-0.3, -0.25) is 9.36 Å². The molecule has 3 heterocycles. The minimum absolute atomic E-state index is 0.0218. The topological polar surface area (TPSA) is 179 Å². The lowest BCUT2D eigenvalue weighted by Gasteiger charge is -2.39. The van der Waals surface area contributed by atoms with Crippen LogP contribution in [0.5, 0.6) is 17.2 Å². The van der Waals surface area contributed by atoms with Crippen LogP contribution >= 0.6 is 8.53 Å². The Kier molecular flexibility index (Phi) is 20.4. The van der Waals surface area contributed by atoms with E-state index in [1.165, 1.54) is 6.33 Å². The Balaban J connectivity index is 1.05. The molecule has 0 spiro atoms. The van der Waals surface area contributed by atoms with Gasteiger partial charge in [-0.25, -0.2) is 24.4 Å². The zero-order valence-electron chi connectivity index (χ0n) is 49.2. The molecule has 1 fully saturated rings. The Bertz CT molecular complexity index is 3290. The lowest BCUT2D eigenvalue weighted by atomic mass is 9.80. The van der Waals surface area contributed by atoms with E-state index < -0.39 is 50.6 Å². The molecule has 0 aliphatic carbocycles. The molecule has 0 radical (unpaired) electrons. The van der Waals surface area contributed by atoms with Gasteiger partial charge in [-0.1, -0.05) is 148 Å². The van der Waals surface area contributed by atoms with Gasteiger partial charge in [0.2, 0.25) is 0 Å². The molecule has 18 heteroatoms. The molecule has 2 amide bonds. The maximum atomic E-state index is 13.6. The largest absolute Gasteiger partial charge is 0.497 e. The molecule has 17 nitrogen and oxygen atoms in total. The molecular formula is C66H76N7O10P. The summed E-state index contributed by atoms with van der Waals surface area (Å²) in [4.78, 5) is 40.9. The van der Waals surface area contributed by atoms with E-state index in [1.807, 2.05) is 156 Å². The molecule has 84 heavy (non-hydrogen) atoms. The summed E-state index contributed by atoms with van der Waals surface area (Å²) in [6.07, 6.45) is 1.14. The van der Waals surface area contributed by atoms with Crippen molar-refractivity contribution in [1.82, 2.24) is 29.5 Å². The zero-order valence-corrected chi connectivity index (χ0v) is 50.1. The van der Waals surface area contributed by atoms with E-state index in [4.69, 9.17) is 47.4 Å².